The lowest BCUT2D eigenvalue weighted by Crippen LogP contribution is -2.40. The number of fused-ring (bicyclic) bond motifs is 1. The Kier molecular flexibility index (Phi) is 4.98. The van der Waals surface area contributed by atoms with Gasteiger partial charge in [0, 0.05) is 13.0 Å². The fourth-order valence-corrected chi connectivity index (χ4v) is 2.77. The second kappa shape index (κ2) is 6.58. The highest BCUT2D eigenvalue weighted by atomic mass is 16.6. The molecule has 1 aliphatic carbocycles. The number of hydrogen-bond donors (Lipinski definition) is 0. The number of carbonyl (C=O) groups excluding carboxylic acids is 1. The van der Waals surface area contributed by atoms with Crippen LogP contribution < -0.4 is 4.74 Å². The molecule has 1 atom stereocenters. The first kappa shape index (κ1) is 16.6. The van der Waals surface area contributed by atoms with E-state index in [2.05, 4.69) is 5.16 Å². The average molecular weight is 310 g/mol. The summed E-state index contributed by atoms with van der Waals surface area (Å²) in [4.78, 5) is 14.2. The molecule has 0 fully saturated rings. The van der Waals surface area contributed by atoms with Gasteiger partial charge in [0.15, 0.2) is 0 Å². The maximum atomic E-state index is 12.5. The molecule has 22 heavy (non-hydrogen) atoms. The van der Waals surface area contributed by atoms with Gasteiger partial charge in [-0.1, -0.05) is 0 Å². The number of carbonyl (C=O) groups is 1. The van der Waals surface area contributed by atoms with Crippen LogP contribution in [0.25, 0.3) is 0 Å². The van der Waals surface area contributed by atoms with E-state index in [4.69, 9.17) is 14.0 Å². The summed E-state index contributed by atoms with van der Waals surface area (Å²) in [6.07, 6.45) is 2.34. The second-order valence-electron chi connectivity index (χ2n) is 6.43. The van der Waals surface area contributed by atoms with E-state index in [1.54, 1.807) is 4.90 Å². The molecule has 1 aliphatic rings. The van der Waals surface area contributed by atoms with Gasteiger partial charge in [-0.05, 0) is 52.6 Å². The Bertz CT molecular complexity index is 519. The van der Waals surface area contributed by atoms with Crippen molar-refractivity contribution < 1.29 is 18.8 Å². The average Bonchev–Trinajstić information content (AvgIpc) is 2.82. The number of ether oxygens (including phenoxy) is 2. The summed E-state index contributed by atoms with van der Waals surface area (Å²) in [6, 6.07) is -0.101. The van der Waals surface area contributed by atoms with E-state index in [9.17, 15) is 4.79 Å². The largest absolute Gasteiger partial charge is 0.476 e. The molecule has 0 aromatic carbocycles. The van der Waals surface area contributed by atoms with Gasteiger partial charge in [-0.2, -0.15) is 0 Å². The molecule has 2 rings (SSSR count). The Balaban J connectivity index is 2.28. The van der Waals surface area contributed by atoms with Crippen LogP contribution >= 0.6 is 0 Å². The van der Waals surface area contributed by atoms with Crippen molar-refractivity contribution >= 4 is 6.09 Å². The molecule has 0 saturated carbocycles. The molecule has 124 valence electrons. The predicted molar refractivity (Wildman–Crippen MR) is 82.0 cm³/mol. The Hall–Kier alpha value is -1.72. The van der Waals surface area contributed by atoms with Crippen LogP contribution in [0.1, 0.15) is 64.8 Å². The maximum absolute atomic E-state index is 12.5. The molecule has 0 bridgehead atoms. The number of hydrogen-bond acceptors (Lipinski definition) is 5. The zero-order chi connectivity index (χ0) is 16.3. The maximum Gasteiger partial charge on any atom is 0.410 e. The molecule has 1 aromatic heterocycles. The first-order valence-corrected chi connectivity index (χ1v) is 7.98. The molecule has 6 nitrogen and oxygen atoms in total. The minimum atomic E-state index is -0.514. The smallest absolute Gasteiger partial charge is 0.410 e. The Labute approximate surface area is 131 Å². The van der Waals surface area contributed by atoms with Gasteiger partial charge >= 0.3 is 6.09 Å². The standard InChI is InChI=1S/C16H26N2O4/c1-6-18(15(19)21-16(3,4)5)11-9-8-10-12-13(11)14(17-22-12)20-7-2/h11H,6-10H2,1-5H3. The molecule has 0 aliphatic heterocycles. The fourth-order valence-electron chi connectivity index (χ4n) is 2.77. The number of amides is 1. The molecule has 0 spiro atoms. The lowest BCUT2D eigenvalue weighted by molar-refractivity contribution is 0.0149. The van der Waals surface area contributed by atoms with Crippen LogP contribution in [0.4, 0.5) is 4.79 Å². The summed E-state index contributed by atoms with van der Waals surface area (Å²) in [6.45, 7) is 10.6. The van der Waals surface area contributed by atoms with E-state index in [0.29, 0.717) is 19.0 Å². The summed E-state index contributed by atoms with van der Waals surface area (Å²) in [5, 5.41) is 4.01. The van der Waals surface area contributed by atoms with Crippen molar-refractivity contribution in [3.05, 3.63) is 11.3 Å². The third-order valence-corrected chi connectivity index (χ3v) is 3.61. The van der Waals surface area contributed by atoms with E-state index >= 15 is 0 Å². The Morgan fingerprint density at radius 1 is 1.41 bits per heavy atom. The van der Waals surface area contributed by atoms with E-state index in [1.807, 2.05) is 34.6 Å². The molecule has 6 heteroatoms. The van der Waals surface area contributed by atoms with Crippen LogP contribution in [0.3, 0.4) is 0 Å². The molecular weight excluding hydrogens is 284 g/mol. The third kappa shape index (κ3) is 3.54. The molecule has 1 unspecified atom stereocenters. The Morgan fingerprint density at radius 3 is 2.73 bits per heavy atom. The van der Waals surface area contributed by atoms with Crippen molar-refractivity contribution in [3.8, 4) is 5.88 Å². The molecule has 0 radical (unpaired) electrons. The van der Waals surface area contributed by atoms with E-state index in [-0.39, 0.29) is 12.1 Å². The van der Waals surface area contributed by atoms with Gasteiger partial charge in [-0.15, -0.1) is 0 Å². The zero-order valence-electron chi connectivity index (χ0n) is 14.1. The van der Waals surface area contributed by atoms with Crippen LogP contribution in [0.5, 0.6) is 5.88 Å². The molecule has 1 heterocycles. The summed E-state index contributed by atoms with van der Waals surface area (Å²) in [7, 11) is 0. The summed E-state index contributed by atoms with van der Waals surface area (Å²) < 4.78 is 16.5. The van der Waals surface area contributed by atoms with Gasteiger partial charge in [-0.3, -0.25) is 0 Å². The fraction of sp³-hybridized carbons (Fsp3) is 0.750. The summed E-state index contributed by atoms with van der Waals surface area (Å²) in [5.41, 5.74) is 0.389. The van der Waals surface area contributed by atoms with Crippen molar-refractivity contribution in [1.82, 2.24) is 10.1 Å². The highest BCUT2D eigenvalue weighted by molar-refractivity contribution is 5.69. The Morgan fingerprint density at radius 2 is 2.14 bits per heavy atom. The lowest BCUT2D eigenvalue weighted by atomic mass is 9.92. The first-order valence-electron chi connectivity index (χ1n) is 7.98. The molecule has 0 N–H and O–H groups in total. The van der Waals surface area contributed by atoms with Gasteiger partial charge in [0.25, 0.3) is 5.88 Å². The van der Waals surface area contributed by atoms with Crippen molar-refractivity contribution in [2.24, 2.45) is 0 Å². The monoisotopic (exact) mass is 310 g/mol. The number of aromatic nitrogens is 1. The van der Waals surface area contributed by atoms with Crippen LogP contribution in [0.15, 0.2) is 4.52 Å². The van der Waals surface area contributed by atoms with Crippen LogP contribution in [0.2, 0.25) is 0 Å². The van der Waals surface area contributed by atoms with Crippen LogP contribution in [-0.2, 0) is 11.2 Å². The zero-order valence-corrected chi connectivity index (χ0v) is 14.1. The van der Waals surface area contributed by atoms with Crippen molar-refractivity contribution in [3.63, 3.8) is 0 Å². The third-order valence-electron chi connectivity index (χ3n) is 3.61. The van der Waals surface area contributed by atoms with Gasteiger partial charge in [-0.25, -0.2) is 4.79 Å². The molecular formula is C16H26N2O4. The van der Waals surface area contributed by atoms with Gasteiger partial charge in [0.1, 0.15) is 11.4 Å². The van der Waals surface area contributed by atoms with Gasteiger partial charge < -0.3 is 18.9 Å². The molecule has 1 aromatic rings. The van der Waals surface area contributed by atoms with E-state index in [1.165, 1.54) is 0 Å². The number of rotatable bonds is 4. The second-order valence-corrected chi connectivity index (χ2v) is 6.43. The van der Waals surface area contributed by atoms with Crippen molar-refractivity contribution in [1.29, 1.82) is 0 Å². The lowest BCUT2D eigenvalue weighted by Gasteiger charge is -2.34. The number of nitrogens with zero attached hydrogens (tertiary/aromatic N) is 2. The first-order chi connectivity index (χ1) is 10.4. The summed E-state index contributed by atoms with van der Waals surface area (Å²) in [5.74, 6) is 1.32. The highest BCUT2D eigenvalue weighted by Gasteiger charge is 2.36. The quantitative estimate of drug-likeness (QED) is 0.848. The van der Waals surface area contributed by atoms with Gasteiger partial charge in [0.2, 0.25) is 0 Å². The van der Waals surface area contributed by atoms with Crippen molar-refractivity contribution in [2.45, 2.75) is 65.5 Å². The van der Waals surface area contributed by atoms with E-state index < -0.39 is 5.60 Å². The highest BCUT2D eigenvalue weighted by Crippen LogP contribution is 2.40. The minimum Gasteiger partial charge on any atom is -0.476 e. The summed E-state index contributed by atoms with van der Waals surface area (Å²) >= 11 is 0. The van der Waals surface area contributed by atoms with Crippen LogP contribution in [-0.4, -0.2) is 34.9 Å². The molecule has 0 saturated heterocycles. The normalized spacial score (nSPS) is 17.8. The molecule has 1 amide bonds. The topological polar surface area (TPSA) is 64.8 Å². The van der Waals surface area contributed by atoms with E-state index in [0.717, 1.165) is 30.6 Å². The van der Waals surface area contributed by atoms with Crippen molar-refractivity contribution in [2.75, 3.05) is 13.2 Å². The number of aryl methyl sites for hydroxylation is 1. The van der Waals surface area contributed by atoms with Gasteiger partial charge in [0.05, 0.1) is 18.2 Å². The minimum absolute atomic E-state index is 0.101. The predicted octanol–water partition coefficient (Wildman–Crippen LogP) is 3.71. The SMILES string of the molecule is CCOc1noc2c1C(N(CC)C(=O)OC(C)(C)C)CCC2. The van der Waals surface area contributed by atoms with Crippen LogP contribution in [0, 0.1) is 0 Å².